The van der Waals surface area contributed by atoms with Crippen LogP contribution in [0.1, 0.15) is 19.8 Å². The average Bonchev–Trinajstić information content (AvgIpc) is 2.49. The number of rotatable bonds is 7. The van der Waals surface area contributed by atoms with Crippen LogP contribution >= 0.6 is 0 Å². The summed E-state index contributed by atoms with van der Waals surface area (Å²) < 4.78 is 5.91. The summed E-state index contributed by atoms with van der Waals surface area (Å²) in [6, 6.07) is 0. The molecule has 0 radical (unpaired) electrons. The van der Waals surface area contributed by atoms with Crippen molar-refractivity contribution in [2.24, 2.45) is 5.73 Å². The Morgan fingerprint density at radius 3 is 2.45 bits per heavy atom. The Kier molecular flexibility index (Phi) is 7.24. The van der Waals surface area contributed by atoms with E-state index in [0.717, 1.165) is 45.8 Å². The summed E-state index contributed by atoms with van der Waals surface area (Å²) in [6.07, 6.45) is 2.81. The van der Waals surface area contributed by atoms with E-state index >= 15 is 0 Å². The van der Waals surface area contributed by atoms with Crippen LogP contribution in [0.2, 0.25) is 0 Å². The van der Waals surface area contributed by atoms with Gasteiger partial charge in [0, 0.05) is 45.8 Å². The van der Waals surface area contributed by atoms with Crippen molar-refractivity contribution >= 4 is 0 Å². The lowest BCUT2D eigenvalue weighted by atomic mass is 10.2. The van der Waals surface area contributed by atoms with E-state index in [2.05, 4.69) is 21.6 Å². The van der Waals surface area contributed by atoms with E-state index in [1.54, 1.807) is 0 Å². The first kappa shape index (κ1) is 16.2. The molecule has 0 aromatic rings. The Morgan fingerprint density at radius 2 is 1.75 bits per heavy atom. The highest BCUT2D eigenvalue weighted by Gasteiger charge is 2.24. The predicted octanol–water partition coefficient (Wildman–Crippen LogP) is 0.0636. The van der Waals surface area contributed by atoms with Crippen LogP contribution in [0.25, 0.3) is 0 Å². The highest BCUT2D eigenvalue weighted by Crippen LogP contribution is 2.09. The molecule has 0 aliphatic carbocycles. The normalized spacial score (nSPS) is 27.0. The number of hydrogen-bond acceptors (Lipinski definition) is 5. The van der Waals surface area contributed by atoms with Gasteiger partial charge in [0.05, 0.1) is 12.7 Å². The molecule has 2 aliphatic rings. The van der Waals surface area contributed by atoms with E-state index in [1.807, 2.05) is 0 Å². The second kappa shape index (κ2) is 8.95. The van der Waals surface area contributed by atoms with Gasteiger partial charge in [-0.3, -0.25) is 9.80 Å². The summed E-state index contributed by atoms with van der Waals surface area (Å²) in [6.45, 7) is 14.4. The van der Waals surface area contributed by atoms with Crippen LogP contribution < -0.4 is 5.73 Å². The molecule has 1 atom stereocenters. The molecule has 2 rings (SSSR count). The third kappa shape index (κ3) is 5.30. The van der Waals surface area contributed by atoms with Gasteiger partial charge in [0.15, 0.2) is 0 Å². The summed E-state index contributed by atoms with van der Waals surface area (Å²) in [5.74, 6) is 0. The first-order valence-corrected chi connectivity index (χ1v) is 8.30. The quantitative estimate of drug-likeness (QED) is 0.670. The van der Waals surface area contributed by atoms with Crippen LogP contribution in [0.4, 0.5) is 0 Å². The summed E-state index contributed by atoms with van der Waals surface area (Å²) in [5.41, 5.74) is 5.55. The molecule has 0 spiro atoms. The first-order valence-electron chi connectivity index (χ1n) is 8.30. The fourth-order valence-electron chi connectivity index (χ4n) is 3.14. The second-order valence-electron chi connectivity index (χ2n) is 6.02. The van der Waals surface area contributed by atoms with Crippen molar-refractivity contribution in [3.63, 3.8) is 0 Å². The molecular formula is C15H32N4O. The number of morpholine rings is 1. The first-order chi connectivity index (χ1) is 9.81. The zero-order valence-electron chi connectivity index (χ0n) is 13.1. The lowest BCUT2D eigenvalue weighted by Crippen LogP contribution is -2.52. The van der Waals surface area contributed by atoms with E-state index in [-0.39, 0.29) is 0 Å². The Hall–Kier alpha value is -0.200. The molecule has 0 saturated carbocycles. The lowest BCUT2D eigenvalue weighted by molar-refractivity contribution is -0.0467. The van der Waals surface area contributed by atoms with E-state index in [0.29, 0.717) is 6.10 Å². The van der Waals surface area contributed by atoms with Crippen LogP contribution in [0.15, 0.2) is 0 Å². The highest BCUT2D eigenvalue weighted by molar-refractivity contribution is 4.78. The standard InChI is InChI=1S/C15H32N4O/c1-2-17-11-12-20-15(13-17)14-19-9-7-18(8-10-19)6-4-3-5-16/h15H,2-14,16H2,1H3. The molecule has 0 amide bonds. The molecule has 20 heavy (non-hydrogen) atoms. The van der Waals surface area contributed by atoms with Gasteiger partial charge in [0.25, 0.3) is 0 Å². The summed E-state index contributed by atoms with van der Waals surface area (Å²) in [4.78, 5) is 7.65. The molecule has 2 saturated heterocycles. The van der Waals surface area contributed by atoms with Gasteiger partial charge in [0.2, 0.25) is 0 Å². The monoisotopic (exact) mass is 284 g/mol. The maximum Gasteiger partial charge on any atom is 0.0829 e. The molecule has 2 aliphatic heterocycles. The average molecular weight is 284 g/mol. The topological polar surface area (TPSA) is 45.0 Å². The minimum atomic E-state index is 0.410. The van der Waals surface area contributed by atoms with Gasteiger partial charge in [-0.05, 0) is 32.5 Å². The number of likely N-dealkylation sites (N-methyl/N-ethyl adjacent to an activating group) is 1. The van der Waals surface area contributed by atoms with Crippen LogP contribution in [0.5, 0.6) is 0 Å². The largest absolute Gasteiger partial charge is 0.374 e. The third-order valence-electron chi connectivity index (χ3n) is 4.53. The van der Waals surface area contributed by atoms with E-state index < -0.39 is 0 Å². The predicted molar refractivity (Wildman–Crippen MR) is 83.0 cm³/mol. The SMILES string of the molecule is CCN1CCOC(CN2CCN(CCCCN)CC2)C1. The van der Waals surface area contributed by atoms with Gasteiger partial charge in [-0.25, -0.2) is 0 Å². The molecule has 2 heterocycles. The van der Waals surface area contributed by atoms with Gasteiger partial charge in [-0.15, -0.1) is 0 Å². The minimum absolute atomic E-state index is 0.410. The van der Waals surface area contributed by atoms with Crippen LogP contribution in [-0.2, 0) is 4.74 Å². The van der Waals surface area contributed by atoms with Crippen molar-refractivity contribution in [3.05, 3.63) is 0 Å². The number of piperazine rings is 1. The smallest absolute Gasteiger partial charge is 0.0829 e. The summed E-state index contributed by atoms with van der Waals surface area (Å²) >= 11 is 0. The maximum absolute atomic E-state index is 5.91. The molecule has 118 valence electrons. The van der Waals surface area contributed by atoms with Crippen molar-refractivity contribution in [2.75, 3.05) is 72.1 Å². The summed E-state index contributed by atoms with van der Waals surface area (Å²) in [7, 11) is 0. The molecular weight excluding hydrogens is 252 g/mol. The van der Waals surface area contributed by atoms with Gasteiger partial charge >= 0.3 is 0 Å². The Labute approximate surface area is 124 Å². The van der Waals surface area contributed by atoms with Crippen LogP contribution in [0.3, 0.4) is 0 Å². The van der Waals surface area contributed by atoms with Crippen molar-refractivity contribution in [3.8, 4) is 0 Å². The zero-order chi connectivity index (χ0) is 14.2. The molecule has 2 N–H and O–H groups in total. The Morgan fingerprint density at radius 1 is 1.00 bits per heavy atom. The fraction of sp³-hybridized carbons (Fsp3) is 1.00. The van der Waals surface area contributed by atoms with Gasteiger partial charge in [-0.2, -0.15) is 0 Å². The molecule has 0 aromatic heterocycles. The molecule has 5 nitrogen and oxygen atoms in total. The second-order valence-corrected chi connectivity index (χ2v) is 6.02. The minimum Gasteiger partial charge on any atom is -0.374 e. The maximum atomic E-state index is 5.91. The van der Waals surface area contributed by atoms with Crippen LogP contribution in [0, 0.1) is 0 Å². The van der Waals surface area contributed by atoms with Crippen molar-refractivity contribution < 1.29 is 4.74 Å². The summed E-state index contributed by atoms with van der Waals surface area (Å²) in [5, 5.41) is 0. The molecule has 1 unspecified atom stereocenters. The van der Waals surface area contributed by atoms with Crippen molar-refractivity contribution in [1.82, 2.24) is 14.7 Å². The number of ether oxygens (including phenoxy) is 1. The molecule has 5 heteroatoms. The van der Waals surface area contributed by atoms with E-state index in [1.165, 1.54) is 39.1 Å². The number of nitrogens with zero attached hydrogens (tertiary/aromatic N) is 3. The zero-order valence-corrected chi connectivity index (χ0v) is 13.1. The third-order valence-corrected chi connectivity index (χ3v) is 4.53. The van der Waals surface area contributed by atoms with E-state index in [4.69, 9.17) is 10.5 Å². The molecule has 0 bridgehead atoms. The fourth-order valence-corrected chi connectivity index (χ4v) is 3.14. The number of unbranched alkanes of at least 4 members (excludes halogenated alkanes) is 1. The van der Waals surface area contributed by atoms with Gasteiger partial charge in [0.1, 0.15) is 0 Å². The Bertz CT molecular complexity index is 256. The van der Waals surface area contributed by atoms with Crippen molar-refractivity contribution in [2.45, 2.75) is 25.9 Å². The number of nitrogens with two attached hydrogens (primary N) is 1. The van der Waals surface area contributed by atoms with Gasteiger partial charge < -0.3 is 15.4 Å². The van der Waals surface area contributed by atoms with Gasteiger partial charge in [-0.1, -0.05) is 6.92 Å². The van der Waals surface area contributed by atoms with Crippen molar-refractivity contribution in [1.29, 1.82) is 0 Å². The van der Waals surface area contributed by atoms with Crippen LogP contribution in [-0.4, -0.2) is 92.9 Å². The number of hydrogen-bond donors (Lipinski definition) is 1. The molecule has 0 aromatic carbocycles. The van der Waals surface area contributed by atoms with E-state index in [9.17, 15) is 0 Å². The highest BCUT2D eigenvalue weighted by atomic mass is 16.5. The Balaban J connectivity index is 1.61. The molecule has 2 fully saturated rings. The lowest BCUT2D eigenvalue weighted by Gasteiger charge is -2.39.